The van der Waals surface area contributed by atoms with Gasteiger partial charge in [0.1, 0.15) is 5.82 Å². The van der Waals surface area contributed by atoms with E-state index in [4.69, 9.17) is 0 Å². The van der Waals surface area contributed by atoms with Gasteiger partial charge in [0.2, 0.25) is 11.8 Å². The number of hydrogen-bond acceptors (Lipinski definition) is 3. The molecule has 0 saturated heterocycles. The van der Waals surface area contributed by atoms with Crippen molar-refractivity contribution in [2.75, 3.05) is 10.6 Å². The second-order valence-electron chi connectivity index (χ2n) is 5.93. The minimum Gasteiger partial charge on any atom is -0.348 e. The third kappa shape index (κ3) is 5.41. The summed E-state index contributed by atoms with van der Waals surface area (Å²) in [7, 11) is 0. The van der Waals surface area contributed by atoms with E-state index >= 15 is 0 Å². The summed E-state index contributed by atoms with van der Waals surface area (Å²) in [6.07, 6.45) is 0. The molecule has 0 spiro atoms. The smallest absolute Gasteiger partial charge is 0.251 e. The minimum absolute atomic E-state index is 0.222. The van der Waals surface area contributed by atoms with Gasteiger partial charge in [-0.3, -0.25) is 14.4 Å². The molecule has 0 radical (unpaired) electrons. The Kier molecular flexibility index (Phi) is 6.06. The molecule has 3 N–H and O–H groups in total. The van der Waals surface area contributed by atoms with Gasteiger partial charge >= 0.3 is 0 Å². The van der Waals surface area contributed by atoms with Crippen molar-refractivity contribution in [3.63, 3.8) is 0 Å². The minimum atomic E-state index is -0.384. The third-order valence-corrected chi connectivity index (χ3v) is 3.51. The second kappa shape index (κ2) is 8.24. The van der Waals surface area contributed by atoms with Crippen LogP contribution in [0.2, 0.25) is 0 Å². The fourth-order valence-corrected chi connectivity index (χ4v) is 2.41. The van der Waals surface area contributed by atoms with E-state index in [2.05, 4.69) is 16.0 Å². The fourth-order valence-electron chi connectivity index (χ4n) is 2.41. The summed E-state index contributed by atoms with van der Waals surface area (Å²) >= 11 is 0. The molecule has 136 valence electrons. The molecular formula is C19H20FN3O3. The zero-order valence-corrected chi connectivity index (χ0v) is 14.8. The van der Waals surface area contributed by atoms with E-state index in [1.807, 2.05) is 0 Å². The Labute approximate surface area is 150 Å². The van der Waals surface area contributed by atoms with E-state index in [0.29, 0.717) is 16.9 Å². The van der Waals surface area contributed by atoms with Crippen molar-refractivity contribution in [3.05, 3.63) is 58.9 Å². The molecule has 7 heteroatoms. The lowest BCUT2D eigenvalue weighted by molar-refractivity contribution is -0.115. The van der Waals surface area contributed by atoms with Crippen LogP contribution in [0.5, 0.6) is 0 Å². The van der Waals surface area contributed by atoms with E-state index in [9.17, 15) is 18.8 Å². The molecule has 0 aliphatic rings. The number of nitrogens with one attached hydrogen (secondary N) is 3. The van der Waals surface area contributed by atoms with Crippen molar-refractivity contribution in [1.29, 1.82) is 0 Å². The first kappa shape index (κ1) is 19.1. The Morgan fingerprint density at radius 3 is 2.00 bits per heavy atom. The highest BCUT2D eigenvalue weighted by atomic mass is 19.1. The zero-order valence-electron chi connectivity index (χ0n) is 14.8. The first-order valence-corrected chi connectivity index (χ1v) is 7.98. The third-order valence-electron chi connectivity index (χ3n) is 3.51. The summed E-state index contributed by atoms with van der Waals surface area (Å²) in [6.45, 7) is 4.57. The van der Waals surface area contributed by atoms with Crippen molar-refractivity contribution < 1.29 is 18.8 Å². The maximum Gasteiger partial charge on any atom is 0.251 e. The Hall–Kier alpha value is -3.22. The van der Waals surface area contributed by atoms with Crippen LogP contribution in [0, 0.1) is 12.7 Å². The van der Waals surface area contributed by atoms with E-state index in [-0.39, 0.29) is 35.6 Å². The Morgan fingerprint density at radius 2 is 1.50 bits per heavy atom. The molecule has 2 aromatic rings. The summed E-state index contributed by atoms with van der Waals surface area (Å²) in [5.41, 5.74) is 2.33. The average molecular weight is 357 g/mol. The fraction of sp³-hybridized carbons (Fsp3) is 0.211. The van der Waals surface area contributed by atoms with E-state index < -0.39 is 0 Å². The van der Waals surface area contributed by atoms with Gasteiger partial charge in [0.25, 0.3) is 5.91 Å². The molecule has 0 fully saturated rings. The van der Waals surface area contributed by atoms with Crippen molar-refractivity contribution in [3.8, 4) is 0 Å². The monoisotopic (exact) mass is 357 g/mol. The Balaban J connectivity index is 2.18. The molecule has 0 bridgehead atoms. The number of carbonyl (C=O) groups is 3. The molecule has 26 heavy (non-hydrogen) atoms. The molecule has 0 atom stereocenters. The van der Waals surface area contributed by atoms with E-state index in [1.165, 1.54) is 32.0 Å². The van der Waals surface area contributed by atoms with Crippen molar-refractivity contribution >= 4 is 29.1 Å². The number of anilines is 2. The zero-order chi connectivity index (χ0) is 19.3. The van der Waals surface area contributed by atoms with E-state index in [0.717, 1.165) is 5.56 Å². The Bertz CT molecular complexity index is 831. The molecule has 0 aliphatic carbocycles. The lowest BCUT2D eigenvalue weighted by atomic mass is 10.1. The van der Waals surface area contributed by atoms with Gasteiger partial charge < -0.3 is 16.0 Å². The normalized spacial score (nSPS) is 10.2. The van der Waals surface area contributed by atoms with Crippen LogP contribution in [0.15, 0.2) is 36.4 Å². The van der Waals surface area contributed by atoms with Gasteiger partial charge in [0.15, 0.2) is 0 Å². The summed E-state index contributed by atoms with van der Waals surface area (Å²) in [5, 5.41) is 7.91. The van der Waals surface area contributed by atoms with Crippen LogP contribution in [0.1, 0.15) is 35.3 Å². The van der Waals surface area contributed by atoms with Gasteiger partial charge in [0.05, 0.1) is 0 Å². The highest BCUT2D eigenvalue weighted by Gasteiger charge is 2.11. The number of amides is 3. The van der Waals surface area contributed by atoms with Crippen molar-refractivity contribution in [2.24, 2.45) is 0 Å². The summed E-state index contributed by atoms with van der Waals surface area (Å²) in [5.74, 6) is -1.27. The first-order valence-electron chi connectivity index (χ1n) is 7.98. The van der Waals surface area contributed by atoms with Gasteiger partial charge in [-0.1, -0.05) is 12.1 Å². The van der Waals surface area contributed by atoms with Crippen molar-refractivity contribution in [2.45, 2.75) is 27.3 Å². The van der Waals surface area contributed by atoms with Crippen LogP contribution in [0.3, 0.4) is 0 Å². The number of hydrogen-bond donors (Lipinski definition) is 3. The summed E-state index contributed by atoms with van der Waals surface area (Å²) < 4.78 is 13.3. The molecule has 0 heterocycles. The second-order valence-corrected chi connectivity index (χ2v) is 5.93. The molecule has 3 amide bonds. The molecule has 6 nitrogen and oxygen atoms in total. The highest BCUT2D eigenvalue weighted by molar-refractivity contribution is 5.99. The average Bonchev–Trinajstić information content (AvgIpc) is 2.54. The Morgan fingerprint density at radius 1 is 0.923 bits per heavy atom. The number of aryl methyl sites for hydroxylation is 1. The van der Waals surface area contributed by atoms with Gasteiger partial charge in [-0.15, -0.1) is 0 Å². The molecular weight excluding hydrogens is 337 g/mol. The molecule has 2 rings (SSSR count). The molecule has 0 unspecified atom stereocenters. The van der Waals surface area contributed by atoms with Crippen LogP contribution in [0.4, 0.5) is 15.8 Å². The van der Waals surface area contributed by atoms with Crippen LogP contribution in [0.25, 0.3) is 0 Å². The highest BCUT2D eigenvalue weighted by Crippen LogP contribution is 2.20. The number of halogens is 1. The van der Waals surface area contributed by atoms with Crippen LogP contribution < -0.4 is 16.0 Å². The summed E-state index contributed by atoms with van der Waals surface area (Å²) in [6, 6.07) is 9.19. The van der Waals surface area contributed by atoms with Crippen molar-refractivity contribution in [1.82, 2.24) is 5.32 Å². The van der Waals surface area contributed by atoms with Crippen LogP contribution >= 0.6 is 0 Å². The maximum atomic E-state index is 13.3. The number of benzene rings is 2. The SMILES string of the molecule is CC(=O)Nc1cc(NC(C)=O)cc(C(=O)NCc2ccc(F)c(C)c2)c1. The topological polar surface area (TPSA) is 87.3 Å². The lowest BCUT2D eigenvalue weighted by Crippen LogP contribution is -2.23. The number of carbonyl (C=O) groups excluding carboxylic acids is 3. The molecule has 0 aliphatic heterocycles. The standard InChI is InChI=1S/C19H20FN3O3/c1-11-6-14(4-5-18(11)20)10-21-19(26)15-7-16(22-12(2)24)9-17(8-15)23-13(3)25/h4-9H,10H2,1-3H3,(H,21,26)(H,22,24)(H,23,25). The first-order chi connectivity index (χ1) is 12.2. The largest absolute Gasteiger partial charge is 0.348 e. The molecule has 0 saturated carbocycles. The lowest BCUT2D eigenvalue weighted by Gasteiger charge is -2.11. The van der Waals surface area contributed by atoms with E-state index in [1.54, 1.807) is 25.1 Å². The van der Waals surface area contributed by atoms with Crippen LogP contribution in [-0.2, 0) is 16.1 Å². The van der Waals surface area contributed by atoms with Gasteiger partial charge in [0, 0.05) is 37.3 Å². The predicted octanol–water partition coefficient (Wildman–Crippen LogP) is 2.98. The number of rotatable bonds is 5. The predicted molar refractivity (Wildman–Crippen MR) is 97.4 cm³/mol. The van der Waals surface area contributed by atoms with Gasteiger partial charge in [-0.05, 0) is 42.3 Å². The van der Waals surface area contributed by atoms with Gasteiger partial charge in [-0.2, -0.15) is 0 Å². The quantitative estimate of drug-likeness (QED) is 0.769. The maximum absolute atomic E-state index is 13.3. The van der Waals surface area contributed by atoms with Crippen LogP contribution in [-0.4, -0.2) is 17.7 Å². The molecule has 2 aromatic carbocycles. The molecule has 0 aromatic heterocycles. The van der Waals surface area contributed by atoms with Gasteiger partial charge in [-0.25, -0.2) is 4.39 Å². The summed E-state index contributed by atoms with van der Waals surface area (Å²) in [4.78, 5) is 35.0.